The van der Waals surface area contributed by atoms with Crippen LogP contribution in [0.4, 0.5) is 15.0 Å². The molecule has 1 amide bonds. The maximum atomic E-state index is 14.8. The number of halogens is 2. The first kappa shape index (κ1) is 22.1. The largest absolute Gasteiger partial charge is 0.480 e. The number of piperazine rings is 1. The van der Waals surface area contributed by atoms with Crippen LogP contribution in [0.5, 0.6) is 5.88 Å². The van der Waals surface area contributed by atoms with E-state index in [0.29, 0.717) is 29.5 Å². The van der Waals surface area contributed by atoms with E-state index < -0.39 is 11.4 Å². The van der Waals surface area contributed by atoms with Gasteiger partial charge in [-0.05, 0) is 39.9 Å². The van der Waals surface area contributed by atoms with E-state index in [1.807, 2.05) is 31.9 Å². The van der Waals surface area contributed by atoms with Crippen LogP contribution in [0, 0.1) is 5.82 Å². The highest BCUT2D eigenvalue weighted by molar-refractivity contribution is 7.98. The number of ether oxygens (including phenoxy) is 2. The van der Waals surface area contributed by atoms with E-state index in [0.717, 1.165) is 12.8 Å². The maximum absolute atomic E-state index is 14.8. The number of aromatic nitrogens is 3. The molecule has 0 spiro atoms. The molecule has 11 heteroatoms. The summed E-state index contributed by atoms with van der Waals surface area (Å²) in [5.41, 5.74) is -0.479. The molecule has 2 atom stereocenters. The molecular formula is C20H25ClFN5O3S. The Hall–Kier alpha value is -2.07. The third-order valence-electron chi connectivity index (χ3n) is 5.43. The van der Waals surface area contributed by atoms with Crippen LogP contribution < -0.4 is 9.64 Å². The number of amides is 1. The van der Waals surface area contributed by atoms with Gasteiger partial charge in [0.15, 0.2) is 16.1 Å². The lowest BCUT2D eigenvalue weighted by molar-refractivity contribution is 0.0123. The highest BCUT2D eigenvalue weighted by Crippen LogP contribution is 2.40. The smallest absolute Gasteiger partial charge is 0.410 e. The van der Waals surface area contributed by atoms with Crippen molar-refractivity contribution in [2.24, 2.45) is 0 Å². The number of carbonyl (C=O) groups excluding carboxylic acids is 1. The predicted octanol–water partition coefficient (Wildman–Crippen LogP) is 4.14. The number of thioether (sulfide) groups is 1. The SMILES string of the molecule is COc1nc(Cl)c(F)c2nc(SC)nc(N3C[C@H]4CC[C@@H](C3)N4C(=O)OC(C)(C)C)c12. The summed E-state index contributed by atoms with van der Waals surface area (Å²) in [6.07, 6.45) is 3.27. The summed E-state index contributed by atoms with van der Waals surface area (Å²) < 4.78 is 25.8. The molecule has 2 aromatic heterocycles. The molecule has 2 aliphatic rings. The van der Waals surface area contributed by atoms with E-state index in [4.69, 9.17) is 21.1 Å². The highest BCUT2D eigenvalue weighted by atomic mass is 35.5. The summed E-state index contributed by atoms with van der Waals surface area (Å²) in [6.45, 7) is 6.67. The Balaban J connectivity index is 1.74. The van der Waals surface area contributed by atoms with Crippen LogP contribution >= 0.6 is 23.4 Å². The second-order valence-corrected chi connectivity index (χ2v) is 9.79. The number of methoxy groups -OCH3 is 1. The summed E-state index contributed by atoms with van der Waals surface area (Å²) in [5.74, 6) is 0.00718. The molecule has 168 valence electrons. The lowest BCUT2D eigenvalue weighted by atomic mass is 10.1. The van der Waals surface area contributed by atoms with Crippen molar-refractivity contribution in [2.75, 3.05) is 31.4 Å². The molecule has 2 aromatic rings. The van der Waals surface area contributed by atoms with E-state index >= 15 is 0 Å². The maximum Gasteiger partial charge on any atom is 0.410 e. The minimum atomic E-state index is -0.702. The van der Waals surface area contributed by atoms with E-state index in [1.54, 1.807) is 0 Å². The first-order valence-electron chi connectivity index (χ1n) is 10.0. The predicted molar refractivity (Wildman–Crippen MR) is 118 cm³/mol. The minimum Gasteiger partial charge on any atom is -0.480 e. The fraction of sp³-hybridized carbons (Fsp3) is 0.600. The molecule has 0 unspecified atom stereocenters. The number of anilines is 1. The number of hydrogen-bond acceptors (Lipinski definition) is 8. The van der Waals surface area contributed by atoms with E-state index in [2.05, 4.69) is 19.9 Å². The third kappa shape index (κ3) is 4.07. The molecule has 8 nitrogen and oxygen atoms in total. The molecule has 0 aliphatic carbocycles. The second kappa shape index (κ2) is 8.12. The Kier molecular flexibility index (Phi) is 5.80. The van der Waals surface area contributed by atoms with Crippen molar-refractivity contribution in [2.45, 2.75) is 56.5 Å². The van der Waals surface area contributed by atoms with Crippen molar-refractivity contribution in [1.29, 1.82) is 0 Å². The van der Waals surface area contributed by atoms with Crippen molar-refractivity contribution in [3.05, 3.63) is 11.0 Å². The Morgan fingerprint density at radius 1 is 1.19 bits per heavy atom. The van der Waals surface area contributed by atoms with Gasteiger partial charge in [-0.2, -0.15) is 4.98 Å². The monoisotopic (exact) mass is 469 g/mol. The van der Waals surface area contributed by atoms with Crippen LogP contribution in [0.25, 0.3) is 10.9 Å². The Morgan fingerprint density at radius 3 is 2.39 bits per heavy atom. The lowest BCUT2D eigenvalue weighted by Gasteiger charge is -2.42. The summed E-state index contributed by atoms with van der Waals surface area (Å²) in [4.78, 5) is 29.7. The molecule has 4 rings (SSSR count). The molecule has 0 aromatic carbocycles. The zero-order valence-electron chi connectivity index (χ0n) is 18.1. The lowest BCUT2D eigenvalue weighted by Crippen LogP contribution is -2.57. The average Bonchev–Trinajstić information content (AvgIpc) is 2.98. The van der Waals surface area contributed by atoms with Gasteiger partial charge in [-0.25, -0.2) is 19.2 Å². The second-order valence-electron chi connectivity index (χ2n) is 8.66. The highest BCUT2D eigenvalue weighted by Gasteiger charge is 2.45. The molecule has 0 N–H and O–H groups in total. The normalized spacial score (nSPS) is 21.0. The standard InChI is InChI=1S/C20H25ClFN5O3S/c1-20(2,3)30-19(28)27-10-6-7-11(27)9-26(8-10)16-12-14(23-18(25-16)31-5)13(22)15(21)24-17(12)29-4/h10-11H,6-9H2,1-5H3/t10-,11+. The van der Waals surface area contributed by atoms with Crippen LogP contribution in [0.2, 0.25) is 5.15 Å². The van der Waals surface area contributed by atoms with Gasteiger partial charge in [-0.3, -0.25) is 4.90 Å². The Labute approximate surface area is 189 Å². The van der Waals surface area contributed by atoms with Crippen LogP contribution in [0.3, 0.4) is 0 Å². The number of carbonyl (C=O) groups is 1. The van der Waals surface area contributed by atoms with Gasteiger partial charge >= 0.3 is 6.09 Å². The van der Waals surface area contributed by atoms with Crippen LogP contribution in [0.1, 0.15) is 33.6 Å². The number of hydrogen-bond donors (Lipinski definition) is 0. The quantitative estimate of drug-likeness (QED) is 0.377. The number of rotatable bonds is 3. The molecule has 2 fully saturated rings. The van der Waals surface area contributed by atoms with E-state index in [1.165, 1.54) is 18.9 Å². The van der Waals surface area contributed by atoms with Gasteiger partial charge in [0.05, 0.1) is 19.2 Å². The Morgan fingerprint density at radius 2 is 1.84 bits per heavy atom. The summed E-state index contributed by atoms with van der Waals surface area (Å²) in [5, 5.41) is 0.510. The summed E-state index contributed by atoms with van der Waals surface area (Å²) in [6, 6.07) is -0.0418. The van der Waals surface area contributed by atoms with Crippen molar-refractivity contribution >= 4 is 46.2 Å². The zero-order chi connectivity index (χ0) is 22.5. The van der Waals surface area contributed by atoms with Crippen molar-refractivity contribution in [3.63, 3.8) is 0 Å². The van der Waals surface area contributed by atoms with Crippen molar-refractivity contribution in [3.8, 4) is 5.88 Å². The van der Waals surface area contributed by atoms with Gasteiger partial charge in [-0.15, -0.1) is 0 Å². The van der Waals surface area contributed by atoms with Gasteiger partial charge in [0, 0.05) is 13.1 Å². The fourth-order valence-electron chi connectivity index (χ4n) is 4.23. The summed E-state index contributed by atoms with van der Waals surface area (Å²) >= 11 is 7.28. The van der Waals surface area contributed by atoms with Gasteiger partial charge in [0.25, 0.3) is 0 Å². The van der Waals surface area contributed by atoms with Crippen molar-refractivity contribution < 1.29 is 18.7 Å². The van der Waals surface area contributed by atoms with Gasteiger partial charge < -0.3 is 14.4 Å². The molecule has 2 saturated heterocycles. The zero-order valence-corrected chi connectivity index (χ0v) is 19.7. The van der Waals surface area contributed by atoms with Crippen LogP contribution in [0.15, 0.2) is 5.16 Å². The summed E-state index contributed by atoms with van der Waals surface area (Å²) in [7, 11) is 1.45. The molecule has 4 heterocycles. The Bertz CT molecular complexity index is 1020. The average molecular weight is 470 g/mol. The molecule has 2 aliphatic heterocycles. The van der Waals surface area contributed by atoms with Crippen molar-refractivity contribution in [1.82, 2.24) is 19.9 Å². The molecule has 0 radical (unpaired) electrons. The van der Waals surface area contributed by atoms with Crippen LogP contribution in [-0.4, -0.2) is 70.1 Å². The van der Waals surface area contributed by atoms with E-state index in [-0.39, 0.29) is 34.7 Å². The number of fused-ring (bicyclic) bond motifs is 3. The fourth-order valence-corrected chi connectivity index (χ4v) is 4.76. The topological polar surface area (TPSA) is 80.7 Å². The van der Waals surface area contributed by atoms with E-state index in [9.17, 15) is 9.18 Å². The van der Waals surface area contributed by atoms with Gasteiger partial charge in [-0.1, -0.05) is 23.4 Å². The number of nitrogens with zero attached hydrogens (tertiary/aromatic N) is 5. The third-order valence-corrected chi connectivity index (χ3v) is 6.23. The first-order chi connectivity index (χ1) is 14.6. The number of pyridine rings is 1. The van der Waals surface area contributed by atoms with Gasteiger partial charge in [0.2, 0.25) is 5.88 Å². The molecule has 31 heavy (non-hydrogen) atoms. The minimum absolute atomic E-state index is 0.0209. The molecule has 0 saturated carbocycles. The first-order valence-corrected chi connectivity index (χ1v) is 11.6. The molecule has 2 bridgehead atoms. The van der Waals surface area contributed by atoms with Crippen LogP contribution in [-0.2, 0) is 4.74 Å². The van der Waals surface area contributed by atoms with Gasteiger partial charge in [0.1, 0.15) is 22.3 Å². The molecular weight excluding hydrogens is 445 g/mol.